The van der Waals surface area contributed by atoms with E-state index in [1.165, 1.54) is 5.69 Å². The normalized spacial score (nSPS) is 15.3. The van der Waals surface area contributed by atoms with Gasteiger partial charge in [-0.1, -0.05) is 41.9 Å². The minimum absolute atomic E-state index is 0.0744. The molecule has 2 aromatic rings. The Bertz CT molecular complexity index is 783. The lowest BCUT2D eigenvalue weighted by atomic mass is 10.1. The Balaban J connectivity index is 1.37. The van der Waals surface area contributed by atoms with Gasteiger partial charge >= 0.3 is 0 Å². The van der Waals surface area contributed by atoms with Gasteiger partial charge in [0, 0.05) is 56.1 Å². The molecule has 0 saturated carbocycles. The van der Waals surface area contributed by atoms with Crippen molar-refractivity contribution in [2.45, 2.75) is 6.92 Å². The van der Waals surface area contributed by atoms with Crippen LogP contribution in [0.4, 0.5) is 5.69 Å². The molecule has 0 spiro atoms. The number of rotatable bonds is 6. The second kappa shape index (κ2) is 9.58. The van der Waals surface area contributed by atoms with Gasteiger partial charge in [0.15, 0.2) is 0 Å². The van der Waals surface area contributed by atoms with Crippen LogP contribution in [-0.4, -0.2) is 50.1 Å². The van der Waals surface area contributed by atoms with Crippen molar-refractivity contribution in [3.8, 4) is 0 Å². The van der Waals surface area contributed by atoms with Crippen LogP contribution in [0.2, 0.25) is 5.02 Å². The first kappa shape index (κ1) is 19.5. The number of anilines is 1. The maximum atomic E-state index is 12.0. The molecule has 4 nitrogen and oxygen atoms in total. The Morgan fingerprint density at radius 2 is 1.85 bits per heavy atom. The van der Waals surface area contributed by atoms with Crippen LogP contribution in [-0.2, 0) is 4.79 Å². The number of hydrogen-bond donors (Lipinski definition) is 1. The quantitative estimate of drug-likeness (QED) is 0.774. The smallest absolute Gasteiger partial charge is 0.244 e. The Labute approximate surface area is 166 Å². The summed E-state index contributed by atoms with van der Waals surface area (Å²) >= 11 is 6.10. The summed E-state index contributed by atoms with van der Waals surface area (Å²) in [4.78, 5) is 16.8. The molecule has 0 bridgehead atoms. The molecule has 3 rings (SSSR count). The van der Waals surface area contributed by atoms with Gasteiger partial charge in [0.1, 0.15) is 0 Å². The van der Waals surface area contributed by atoms with Gasteiger partial charge in [0.05, 0.1) is 0 Å². The highest BCUT2D eigenvalue weighted by atomic mass is 35.5. The highest BCUT2D eigenvalue weighted by Crippen LogP contribution is 2.17. The summed E-state index contributed by atoms with van der Waals surface area (Å²) in [6.45, 7) is 7.56. The van der Waals surface area contributed by atoms with Gasteiger partial charge in [-0.05, 0) is 42.3 Å². The van der Waals surface area contributed by atoms with E-state index < -0.39 is 0 Å². The zero-order chi connectivity index (χ0) is 19.1. The van der Waals surface area contributed by atoms with Crippen molar-refractivity contribution >= 4 is 29.3 Å². The number of carbonyl (C=O) groups excluding carboxylic acids is 1. The minimum Gasteiger partial charge on any atom is -0.369 e. The number of piperazine rings is 1. The molecular formula is C22H26ClN3O. The first-order valence-corrected chi connectivity index (χ1v) is 9.74. The monoisotopic (exact) mass is 383 g/mol. The number of carbonyl (C=O) groups is 1. The molecule has 1 heterocycles. The molecule has 0 aliphatic carbocycles. The SMILES string of the molecule is Cc1ccc(/C=C/C(=O)NCCN2CCN(c3ccccc3)CC2)cc1Cl. The summed E-state index contributed by atoms with van der Waals surface area (Å²) in [6.07, 6.45) is 3.35. The highest BCUT2D eigenvalue weighted by Gasteiger charge is 2.16. The molecular weight excluding hydrogens is 358 g/mol. The molecule has 1 saturated heterocycles. The second-order valence-electron chi connectivity index (χ2n) is 6.80. The van der Waals surface area contributed by atoms with Crippen LogP contribution < -0.4 is 10.2 Å². The third-order valence-electron chi connectivity index (χ3n) is 4.84. The predicted molar refractivity (Wildman–Crippen MR) is 113 cm³/mol. The number of para-hydroxylation sites is 1. The van der Waals surface area contributed by atoms with E-state index in [4.69, 9.17) is 11.6 Å². The molecule has 0 unspecified atom stereocenters. The summed E-state index contributed by atoms with van der Waals surface area (Å²) in [5.41, 5.74) is 3.25. The Kier molecular flexibility index (Phi) is 6.91. The number of halogens is 1. The van der Waals surface area contributed by atoms with Crippen LogP contribution in [0.15, 0.2) is 54.6 Å². The van der Waals surface area contributed by atoms with Gasteiger partial charge in [-0.2, -0.15) is 0 Å². The molecule has 0 radical (unpaired) electrons. The van der Waals surface area contributed by atoms with Crippen LogP contribution in [0, 0.1) is 6.92 Å². The van der Waals surface area contributed by atoms with Crippen molar-refractivity contribution in [3.63, 3.8) is 0 Å². The minimum atomic E-state index is -0.0744. The zero-order valence-corrected chi connectivity index (χ0v) is 16.5. The second-order valence-corrected chi connectivity index (χ2v) is 7.20. The fourth-order valence-corrected chi connectivity index (χ4v) is 3.34. The molecule has 1 aliphatic rings. The third kappa shape index (κ3) is 5.84. The van der Waals surface area contributed by atoms with Crippen molar-refractivity contribution < 1.29 is 4.79 Å². The van der Waals surface area contributed by atoms with Crippen LogP contribution >= 0.6 is 11.6 Å². The summed E-state index contributed by atoms with van der Waals surface area (Å²) in [5.74, 6) is -0.0744. The molecule has 2 aromatic carbocycles. The van der Waals surface area contributed by atoms with Crippen LogP contribution in [0.3, 0.4) is 0 Å². The molecule has 0 atom stereocenters. The molecule has 27 heavy (non-hydrogen) atoms. The lowest BCUT2D eigenvalue weighted by Gasteiger charge is -2.36. The Morgan fingerprint density at radius 1 is 1.11 bits per heavy atom. The molecule has 1 fully saturated rings. The van der Waals surface area contributed by atoms with E-state index in [2.05, 4.69) is 39.4 Å². The maximum Gasteiger partial charge on any atom is 0.244 e. The van der Waals surface area contributed by atoms with E-state index in [9.17, 15) is 4.79 Å². The van der Waals surface area contributed by atoms with Crippen LogP contribution in [0.25, 0.3) is 6.08 Å². The summed E-state index contributed by atoms with van der Waals surface area (Å²) in [7, 11) is 0. The van der Waals surface area contributed by atoms with Gasteiger partial charge in [-0.25, -0.2) is 0 Å². The largest absolute Gasteiger partial charge is 0.369 e. The average molecular weight is 384 g/mol. The van der Waals surface area contributed by atoms with Gasteiger partial charge in [-0.15, -0.1) is 0 Å². The van der Waals surface area contributed by atoms with Crippen molar-refractivity contribution in [1.29, 1.82) is 0 Å². The predicted octanol–water partition coefficient (Wildman–Crippen LogP) is 3.60. The third-order valence-corrected chi connectivity index (χ3v) is 5.25. The molecule has 1 aliphatic heterocycles. The van der Waals surface area contributed by atoms with Crippen LogP contribution in [0.1, 0.15) is 11.1 Å². The molecule has 5 heteroatoms. The van der Waals surface area contributed by atoms with E-state index in [0.717, 1.165) is 43.9 Å². The van der Waals surface area contributed by atoms with Crippen molar-refractivity contribution in [1.82, 2.24) is 10.2 Å². The highest BCUT2D eigenvalue weighted by molar-refractivity contribution is 6.31. The summed E-state index contributed by atoms with van der Waals surface area (Å²) in [6, 6.07) is 16.3. The van der Waals surface area contributed by atoms with E-state index in [1.54, 1.807) is 12.2 Å². The van der Waals surface area contributed by atoms with Crippen molar-refractivity contribution in [3.05, 3.63) is 70.8 Å². The van der Waals surface area contributed by atoms with E-state index in [-0.39, 0.29) is 5.91 Å². The lowest BCUT2D eigenvalue weighted by molar-refractivity contribution is -0.116. The van der Waals surface area contributed by atoms with Gasteiger partial charge in [0.25, 0.3) is 0 Å². The van der Waals surface area contributed by atoms with Gasteiger partial charge in [-0.3, -0.25) is 9.69 Å². The molecule has 1 N–H and O–H groups in total. The first-order valence-electron chi connectivity index (χ1n) is 9.36. The standard InChI is InChI=1S/C22H26ClN3O/c1-18-7-8-19(17-21(18)23)9-10-22(27)24-11-12-25-13-15-26(16-14-25)20-5-3-2-4-6-20/h2-10,17H,11-16H2,1H3,(H,24,27)/b10-9+. The molecule has 142 valence electrons. The average Bonchev–Trinajstić information content (AvgIpc) is 2.70. The fourth-order valence-electron chi connectivity index (χ4n) is 3.15. The number of hydrogen-bond acceptors (Lipinski definition) is 3. The molecule has 0 aromatic heterocycles. The number of nitrogens with zero attached hydrogens (tertiary/aromatic N) is 2. The lowest BCUT2D eigenvalue weighted by Crippen LogP contribution is -2.48. The number of amides is 1. The zero-order valence-electron chi connectivity index (χ0n) is 15.7. The van der Waals surface area contributed by atoms with Crippen molar-refractivity contribution in [2.24, 2.45) is 0 Å². The van der Waals surface area contributed by atoms with Gasteiger partial charge in [0.2, 0.25) is 5.91 Å². The number of benzene rings is 2. The fraction of sp³-hybridized carbons (Fsp3) is 0.318. The topological polar surface area (TPSA) is 35.6 Å². The van der Waals surface area contributed by atoms with E-state index in [0.29, 0.717) is 11.6 Å². The number of aryl methyl sites for hydroxylation is 1. The summed E-state index contributed by atoms with van der Waals surface area (Å²) < 4.78 is 0. The molecule has 1 amide bonds. The number of nitrogens with one attached hydrogen (secondary N) is 1. The van der Waals surface area contributed by atoms with Crippen LogP contribution in [0.5, 0.6) is 0 Å². The Morgan fingerprint density at radius 3 is 2.56 bits per heavy atom. The van der Waals surface area contributed by atoms with E-state index in [1.807, 2.05) is 31.2 Å². The summed E-state index contributed by atoms with van der Waals surface area (Å²) in [5, 5.41) is 3.67. The maximum absolute atomic E-state index is 12.0. The Hall–Kier alpha value is -2.30. The van der Waals surface area contributed by atoms with E-state index >= 15 is 0 Å². The first-order chi connectivity index (χ1) is 13.1. The van der Waals surface area contributed by atoms with Crippen molar-refractivity contribution in [2.75, 3.05) is 44.2 Å². The van der Waals surface area contributed by atoms with Gasteiger partial charge < -0.3 is 10.2 Å².